The van der Waals surface area contributed by atoms with Crippen LogP contribution in [-0.2, 0) is 4.74 Å². The highest BCUT2D eigenvalue weighted by atomic mass is 19.3. The van der Waals surface area contributed by atoms with Gasteiger partial charge in [-0.15, -0.1) is 0 Å². The van der Waals surface area contributed by atoms with Gasteiger partial charge in [-0.25, -0.2) is 8.78 Å². The molecule has 0 bridgehead atoms. The molecule has 4 N–H and O–H groups in total. The Labute approximate surface area is 122 Å². The van der Waals surface area contributed by atoms with Crippen molar-refractivity contribution < 1.29 is 18.3 Å². The van der Waals surface area contributed by atoms with E-state index in [1.807, 2.05) is 6.92 Å². The van der Waals surface area contributed by atoms with Gasteiger partial charge in [0.25, 0.3) is 12.3 Å². The molecule has 1 amide bonds. The maximum Gasteiger partial charge on any atom is 0.251 e. The molecule has 0 aliphatic carbocycles. The standard InChI is InChI=1S/C14H21F2N3O2/c1-10-8-11(17)2-3-12(10)14(20)19-5-7-21-6-4-18-9-13(15)16/h2-3,8,13,18H,4-7,9,17H2,1H3,(H,19,20). The minimum Gasteiger partial charge on any atom is -0.399 e. The lowest BCUT2D eigenvalue weighted by atomic mass is 10.1. The molecule has 1 aromatic carbocycles. The van der Waals surface area contributed by atoms with Crippen LogP contribution < -0.4 is 16.4 Å². The first kappa shape index (κ1) is 17.3. The Bertz CT molecular complexity index is 456. The number of hydrogen-bond donors (Lipinski definition) is 3. The lowest BCUT2D eigenvalue weighted by Gasteiger charge is -2.09. The zero-order valence-electron chi connectivity index (χ0n) is 12.0. The zero-order chi connectivity index (χ0) is 15.7. The summed E-state index contributed by atoms with van der Waals surface area (Å²) >= 11 is 0. The first-order valence-corrected chi connectivity index (χ1v) is 6.71. The fourth-order valence-electron chi connectivity index (χ4n) is 1.73. The molecule has 1 rings (SSSR count). The number of amides is 1. The van der Waals surface area contributed by atoms with Crippen molar-refractivity contribution in [3.63, 3.8) is 0 Å². The molecular weight excluding hydrogens is 280 g/mol. The number of carbonyl (C=O) groups excluding carboxylic acids is 1. The van der Waals surface area contributed by atoms with Gasteiger partial charge in [0.05, 0.1) is 19.8 Å². The largest absolute Gasteiger partial charge is 0.399 e. The predicted molar refractivity (Wildman–Crippen MR) is 77.6 cm³/mol. The van der Waals surface area contributed by atoms with Crippen molar-refractivity contribution in [2.75, 3.05) is 38.6 Å². The summed E-state index contributed by atoms with van der Waals surface area (Å²) in [6.45, 7) is 2.85. The summed E-state index contributed by atoms with van der Waals surface area (Å²) in [5.74, 6) is -0.188. The number of nitrogen functional groups attached to an aromatic ring is 1. The molecule has 1 aromatic rings. The van der Waals surface area contributed by atoms with Crippen LogP contribution in [0.25, 0.3) is 0 Å². The molecule has 0 saturated carbocycles. The van der Waals surface area contributed by atoms with E-state index >= 15 is 0 Å². The van der Waals surface area contributed by atoms with Gasteiger partial charge in [-0.3, -0.25) is 4.79 Å². The highest BCUT2D eigenvalue weighted by Gasteiger charge is 2.08. The van der Waals surface area contributed by atoms with E-state index < -0.39 is 6.43 Å². The highest BCUT2D eigenvalue weighted by molar-refractivity contribution is 5.95. The molecular formula is C14H21F2N3O2. The van der Waals surface area contributed by atoms with Crippen LogP contribution in [0.1, 0.15) is 15.9 Å². The van der Waals surface area contributed by atoms with E-state index in [4.69, 9.17) is 10.5 Å². The number of ether oxygens (including phenoxy) is 1. The van der Waals surface area contributed by atoms with E-state index in [0.29, 0.717) is 37.6 Å². The fraction of sp³-hybridized carbons (Fsp3) is 0.500. The van der Waals surface area contributed by atoms with Gasteiger partial charge in [0.1, 0.15) is 0 Å². The van der Waals surface area contributed by atoms with Crippen LogP contribution in [0, 0.1) is 6.92 Å². The molecule has 0 saturated heterocycles. The van der Waals surface area contributed by atoms with Crippen molar-refractivity contribution in [3.8, 4) is 0 Å². The predicted octanol–water partition coefficient (Wildman–Crippen LogP) is 1.18. The van der Waals surface area contributed by atoms with Crippen LogP contribution in [0.15, 0.2) is 18.2 Å². The van der Waals surface area contributed by atoms with Gasteiger partial charge in [0.2, 0.25) is 0 Å². The van der Waals surface area contributed by atoms with E-state index in [2.05, 4.69) is 10.6 Å². The third-order valence-corrected chi connectivity index (χ3v) is 2.75. The molecule has 0 aromatic heterocycles. The number of anilines is 1. The van der Waals surface area contributed by atoms with Crippen LogP contribution >= 0.6 is 0 Å². The lowest BCUT2D eigenvalue weighted by Crippen LogP contribution is -2.29. The number of rotatable bonds is 9. The van der Waals surface area contributed by atoms with Crippen molar-refractivity contribution in [3.05, 3.63) is 29.3 Å². The molecule has 7 heteroatoms. The Morgan fingerprint density at radius 2 is 2.05 bits per heavy atom. The summed E-state index contributed by atoms with van der Waals surface area (Å²) in [6, 6.07) is 5.09. The Hall–Kier alpha value is -1.73. The molecule has 0 aliphatic rings. The van der Waals surface area contributed by atoms with Crippen molar-refractivity contribution >= 4 is 11.6 Å². The number of benzene rings is 1. The highest BCUT2D eigenvalue weighted by Crippen LogP contribution is 2.11. The van der Waals surface area contributed by atoms with E-state index in [1.54, 1.807) is 18.2 Å². The average Bonchev–Trinajstić information content (AvgIpc) is 2.41. The molecule has 0 fully saturated rings. The van der Waals surface area contributed by atoms with Crippen LogP contribution in [-0.4, -0.2) is 45.2 Å². The quantitative estimate of drug-likeness (QED) is 0.473. The molecule has 0 heterocycles. The molecule has 0 atom stereocenters. The summed E-state index contributed by atoms with van der Waals surface area (Å²) in [5, 5.41) is 5.27. The van der Waals surface area contributed by atoms with Crippen molar-refractivity contribution in [1.82, 2.24) is 10.6 Å². The normalized spacial score (nSPS) is 10.9. The number of carbonyl (C=O) groups is 1. The molecule has 118 valence electrons. The molecule has 0 spiro atoms. The molecule has 0 radical (unpaired) electrons. The van der Waals surface area contributed by atoms with Crippen molar-refractivity contribution in [2.24, 2.45) is 0 Å². The van der Waals surface area contributed by atoms with Crippen LogP contribution in [0.3, 0.4) is 0 Å². The van der Waals surface area contributed by atoms with E-state index in [9.17, 15) is 13.6 Å². The first-order chi connectivity index (χ1) is 10.0. The summed E-state index contributed by atoms with van der Waals surface area (Å²) in [6.07, 6.45) is -2.35. The minimum absolute atomic E-state index is 0.188. The van der Waals surface area contributed by atoms with Crippen molar-refractivity contribution in [2.45, 2.75) is 13.3 Å². The van der Waals surface area contributed by atoms with Crippen molar-refractivity contribution in [1.29, 1.82) is 0 Å². The SMILES string of the molecule is Cc1cc(N)ccc1C(=O)NCCOCCNCC(F)F. The Morgan fingerprint density at radius 3 is 2.71 bits per heavy atom. The second-order valence-electron chi connectivity index (χ2n) is 4.54. The maximum absolute atomic E-state index is 11.9. The summed E-state index contributed by atoms with van der Waals surface area (Å²) in [5.41, 5.74) is 7.62. The fourth-order valence-corrected chi connectivity index (χ4v) is 1.73. The third kappa shape index (κ3) is 7.01. The van der Waals surface area contributed by atoms with Gasteiger partial charge >= 0.3 is 0 Å². The number of alkyl halides is 2. The Morgan fingerprint density at radius 1 is 1.33 bits per heavy atom. The van der Waals surface area contributed by atoms with Gasteiger partial charge in [-0.1, -0.05) is 0 Å². The number of nitrogens with one attached hydrogen (secondary N) is 2. The van der Waals surface area contributed by atoms with Crippen LogP contribution in [0.2, 0.25) is 0 Å². The van der Waals surface area contributed by atoms with E-state index in [0.717, 1.165) is 5.56 Å². The third-order valence-electron chi connectivity index (χ3n) is 2.75. The monoisotopic (exact) mass is 301 g/mol. The maximum atomic E-state index is 11.9. The molecule has 0 aliphatic heterocycles. The molecule has 21 heavy (non-hydrogen) atoms. The van der Waals surface area contributed by atoms with E-state index in [1.165, 1.54) is 0 Å². The topological polar surface area (TPSA) is 76.4 Å². The second kappa shape index (κ2) is 9.25. The van der Waals surface area contributed by atoms with Crippen LogP contribution in [0.5, 0.6) is 0 Å². The zero-order valence-corrected chi connectivity index (χ0v) is 12.0. The average molecular weight is 301 g/mol. The second-order valence-corrected chi connectivity index (χ2v) is 4.54. The van der Waals surface area contributed by atoms with Gasteiger partial charge < -0.3 is 21.1 Å². The van der Waals surface area contributed by atoms with Gasteiger partial charge in [0, 0.05) is 24.3 Å². The Kier molecular flexibility index (Phi) is 7.63. The number of halogens is 2. The molecule has 0 unspecified atom stereocenters. The number of aryl methyl sites for hydroxylation is 1. The number of hydrogen-bond acceptors (Lipinski definition) is 4. The first-order valence-electron chi connectivity index (χ1n) is 6.71. The summed E-state index contributed by atoms with van der Waals surface area (Å²) < 4.78 is 28.8. The summed E-state index contributed by atoms with van der Waals surface area (Å²) in [7, 11) is 0. The lowest BCUT2D eigenvalue weighted by molar-refractivity contribution is 0.0909. The van der Waals surface area contributed by atoms with Crippen LogP contribution in [0.4, 0.5) is 14.5 Å². The van der Waals surface area contributed by atoms with Gasteiger partial charge in [0.15, 0.2) is 0 Å². The smallest absolute Gasteiger partial charge is 0.251 e. The minimum atomic E-state index is -2.35. The summed E-state index contributed by atoms with van der Waals surface area (Å²) in [4.78, 5) is 11.9. The van der Waals surface area contributed by atoms with Gasteiger partial charge in [-0.05, 0) is 30.7 Å². The number of nitrogens with two attached hydrogens (primary N) is 1. The molecule has 5 nitrogen and oxygen atoms in total. The Balaban J connectivity index is 2.14. The van der Waals surface area contributed by atoms with E-state index in [-0.39, 0.29) is 12.5 Å². The van der Waals surface area contributed by atoms with Gasteiger partial charge in [-0.2, -0.15) is 0 Å².